The molecule has 0 aliphatic carbocycles. The van der Waals surface area contributed by atoms with Crippen molar-refractivity contribution in [3.05, 3.63) is 94.8 Å². The number of aromatic hydroxyl groups is 1. The highest BCUT2D eigenvalue weighted by Crippen LogP contribution is 2.29. The first-order valence-corrected chi connectivity index (χ1v) is 9.63. The maximum atomic E-state index is 9.54. The van der Waals surface area contributed by atoms with Gasteiger partial charge in [0.2, 0.25) is 0 Å². The molecule has 0 aliphatic heterocycles. The Hall–Kier alpha value is -3.68. The molecule has 28 heavy (non-hydrogen) atoms. The average molecular weight is 380 g/mol. The lowest BCUT2D eigenvalue weighted by molar-refractivity contribution is 0.475. The lowest BCUT2D eigenvalue weighted by atomic mass is 10.0. The molecule has 0 atom stereocenters. The van der Waals surface area contributed by atoms with E-state index in [0.717, 1.165) is 22.4 Å². The molecule has 0 bridgehead atoms. The van der Waals surface area contributed by atoms with Gasteiger partial charge in [-0.3, -0.25) is 0 Å². The molecule has 134 valence electrons. The molecule has 3 nitrogen and oxygen atoms in total. The van der Waals surface area contributed by atoms with Crippen LogP contribution in [-0.2, 0) is 0 Å². The molecule has 0 spiro atoms. The lowest BCUT2D eigenvalue weighted by Crippen LogP contribution is -1.83. The van der Waals surface area contributed by atoms with Crippen LogP contribution in [0.4, 0.5) is 0 Å². The van der Waals surface area contributed by atoms with Gasteiger partial charge in [0.05, 0.1) is 11.3 Å². The number of aromatic nitrogens is 1. The van der Waals surface area contributed by atoms with Crippen LogP contribution >= 0.6 is 11.3 Å². The Bertz CT molecular complexity index is 1150. The number of hydrogen-bond acceptors (Lipinski definition) is 4. The number of rotatable bonds is 4. The molecule has 4 rings (SSSR count). The first-order valence-electron chi connectivity index (χ1n) is 8.75. The van der Waals surface area contributed by atoms with E-state index in [4.69, 9.17) is 0 Å². The van der Waals surface area contributed by atoms with Gasteiger partial charge in [0.25, 0.3) is 0 Å². The zero-order valence-electron chi connectivity index (χ0n) is 14.9. The Labute approximate surface area is 167 Å². The first kappa shape index (κ1) is 17.7. The zero-order valence-corrected chi connectivity index (χ0v) is 15.7. The lowest BCUT2D eigenvalue weighted by Gasteiger charge is -2.02. The number of thiazole rings is 1. The molecule has 0 amide bonds. The molecule has 0 radical (unpaired) electrons. The summed E-state index contributed by atoms with van der Waals surface area (Å²) in [5, 5.41) is 21.6. The van der Waals surface area contributed by atoms with Crippen LogP contribution in [-0.4, -0.2) is 10.1 Å². The topological polar surface area (TPSA) is 56.9 Å². The number of nitriles is 1. The summed E-state index contributed by atoms with van der Waals surface area (Å²) in [6.45, 7) is 0. The molecule has 1 aromatic heterocycles. The van der Waals surface area contributed by atoms with E-state index in [1.165, 1.54) is 16.9 Å². The minimum Gasteiger partial charge on any atom is -0.508 e. The third-order valence-electron chi connectivity index (χ3n) is 4.35. The minimum atomic E-state index is 0.200. The van der Waals surface area contributed by atoms with Crippen LogP contribution in [0.25, 0.3) is 34.0 Å². The average Bonchev–Trinajstić information content (AvgIpc) is 3.24. The normalized spacial score (nSPS) is 11.2. The van der Waals surface area contributed by atoms with Crippen LogP contribution in [0.2, 0.25) is 0 Å². The summed E-state index contributed by atoms with van der Waals surface area (Å²) >= 11 is 1.45. The van der Waals surface area contributed by atoms with Crippen LogP contribution in [0.1, 0.15) is 10.6 Å². The van der Waals surface area contributed by atoms with Crippen molar-refractivity contribution < 1.29 is 5.11 Å². The highest BCUT2D eigenvalue weighted by Gasteiger charge is 2.09. The summed E-state index contributed by atoms with van der Waals surface area (Å²) < 4.78 is 0. The van der Waals surface area contributed by atoms with E-state index in [0.29, 0.717) is 10.6 Å². The molecule has 0 saturated heterocycles. The fourth-order valence-corrected chi connectivity index (χ4v) is 3.67. The highest BCUT2D eigenvalue weighted by molar-refractivity contribution is 7.11. The minimum absolute atomic E-state index is 0.200. The molecule has 0 saturated carbocycles. The summed E-state index contributed by atoms with van der Waals surface area (Å²) in [6.07, 6.45) is 1.78. The zero-order chi connectivity index (χ0) is 19.3. The fourth-order valence-electron chi connectivity index (χ4n) is 2.87. The van der Waals surface area contributed by atoms with Crippen molar-refractivity contribution in [2.24, 2.45) is 0 Å². The second-order valence-electron chi connectivity index (χ2n) is 6.24. The van der Waals surface area contributed by atoms with Crippen molar-refractivity contribution in [1.29, 1.82) is 5.26 Å². The summed E-state index contributed by atoms with van der Waals surface area (Å²) in [5.41, 5.74) is 5.55. The van der Waals surface area contributed by atoms with Crippen molar-refractivity contribution in [2.75, 3.05) is 0 Å². The standard InChI is InChI=1S/C24H16N2OS/c25-15-21(14-17-6-12-22(27)13-7-17)24-26-23(16-28-24)20-10-8-19(9-11-20)18-4-2-1-3-5-18/h1-14,16,27H/b21-14+. The molecule has 0 aliphatic rings. The van der Waals surface area contributed by atoms with E-state index in [1.807, 2.05) is 23.6 Å². The molecule has 0 unspecified atom stereocenters. The van der Waals surface area contributed by atoms with Crippen molar-refractivity contribution in [3.8, 4) is 34.2 Å². The second-order valence-corrected chi connectivity index (χ2v) is 7.10. The van der Waals surface area contributed by atoms with E-state index in [2.05, 4.69) is 47.5 Å². The third-order valence-corrected chi connectivity index (χ3v) is 5.22. The van der Waals surface area contributed by atoms with Gasteiger partial charge >= 0.3 is 0 Å². The van der Waals surface area contributed by atoms with Gasteiger partial charge in [0.15, 0.2) is 0 Å². The molecular formula is C24H16N2OS. The van der Waals surface area contributed by atoms with Gasteiger partial charge in [-0.25, -0.2) is 4.98 Å². The van der Waals surface area contributed by atoms with Gasteiger partial charge < -0.3 is 5.11 Å². The number of hydrogen-bond donors (Lipinski definition) is 1. The van der Waals surface area contributed by atoms with Gasteiger partial charge in [-0.2, -0.15) is 5.26 Å². The Kier molecular flexibility index (Phi) is 5.01. The van der Waals surface area contributed by atoms with Crippen LogP contribution in [0.15, 0.2) is 84.2 Å². The molecule has 1 heterocycles. The van der Waals surface area contributed by atoms with Gasteiger partial charge in [0, 0.05) is 10.9 Å². The number of phenolic OH excluding ortho intramolecular Hbond substituents is 1. The van der Waals surface area contributed by atoms with Gasteiger partial charge in [-0.1, -0.05) is 66.7 Å². The molecule has 4 aromatic rings. The SMILES string of the molecule is N#C/C(=C\c1ccc(O)cc1)c1nc(-c2ccc(-c3ccccc3)cc2)cs1. The summed E-state index contributed by atoms with van der Waals surface area (Å²) in [6, 6.07) is 27.5. The van der Waals surface area contributed by atoms with Gasteiger partial charge in [-0.05, 0) is 34.9 Å². The van der Waals surface area contributed by atoms with Gasteiger partial charge in [0.1, 0.15) is 16.8 Å². The van der Waals surface area contributed by atoms with Crippen molar-refractivity contribution in [1.82, 2.24) is 4.98 Å². The quantitative estimate of drug-likeness (QED) is 0.426. The Morgan fingerprint density at radius 3 is 2.18 bits per heavy atom. The first-order chi connectivity index (χ1) is 13.7. The summed E-state index contributed by atoms with van der Waals surface area (Å²) in [7, 11) is 0. The predicted molar refractivity (Wildman–Crippen MR) is 115 cm³/mol. The van der Waals surface area contributed by atoms with E-state index in [-0.39, 0.29) is 5.75 Å². The molecular weight excluding hydrogens is 364 g/mol. The Balaban J connectivity index is 1.60. The van der Waals surface area contributed by atoms with Crippen LogP contribution in [0.5, 0.6) is 5.75 Å². The predicted octanol–water partition coefficient (Wildman–Crippen LogP) is 6.25. The van der Waals surface area contributed by atoms with E-state index in [9.17, 15) is 10.4 Å². The molecule has 0 fully saturated rings. The number of benzene rings is 3. The van der Waals surface area contributed by atoms with Crippen LogP contribution in [0, 0.1) is 11.3 Å². The van der Waals surface area contributed by atoms with E-state index < -0.39 is 0 Å². The second kappa shape index (κ2) is 7.91. The van der Waals surface area contributed by atoms with E-state index >= 15 is 0 Å². The monoisotopic (exact) mass is 380 g/mol. The highest BCUT2D eigenvalue weighted by atomic mass is 32.1. The maximum absolute atomic E-state index is 9.54. The summed E-state index contributed by atoms with van der Waals surface area (Å²) in [5.74, 6) is 0.200. The van der Waals surface area contributed by atoms with E-state index in [1.54, 1.807) is 30.3 Å². The Morgan fingerprint density at radius 1 is 0.857 bits per heavy atom. The van der Waals surface area contributed by atoms with Crippen molar-refractivity contribution >= 4 is 23.0 Å². The fraction of sp³-hybridized carbons (Fsp3) is 0. The number of phenols is 1. The van der Waals surface area contributed by atoms with Crippen molar-refractivity contribution in [2.45, 2.75) is 0 Å². The summed E-state index contributed by atoms with van der Waals surface area (Å²) in [4.78, 5) is 4.65. The molecule has 4 heteroatoms. The van der Waals surface area contributed by atoms with Gasteiger partial charge in [-0.15, -0.1) is 11.3 Å². The molecule has 3 aromatic carbocycles. The van der Waals surface area contributed by atoms with Crippen LogP contribution in [0.3, 0.4) is 0 Å². The third kappa shape index (κ3) is 3.85. The number of nitrogens with zero attached hydrogens (tertiary/aromatic N) is 2. The smallest absolute Gasteiger partial charge is 0.134 e. The van der Waals surface area contributed by atoms with Crippen LogP contribution < -0.4 is 0 Å². The maximum Gasteiger partial charge on any atom is 0.134 e. The largest absolute Gasteiger partial charge is 0.508 e. The number of allylic oxidation sites excluding steroid dienone is 1. The Morgan fingerprint density at radius 2 is 1.50 bits per heavy atom. The van der Waals surface area contributed by atoms with Crippen molar-refractivity contribution in [3.63, 3.8) is 0 Å². The molecule has 1 N–H and O–H groups in total.